The van der Waals surface area contributed by atoms with Gasteiger partial charge in [0.05, 0.1) is 18.7 Å². The van der Waals surface area contributed by atoms with Gasteiger partial charge in [-0.2, -0.15) is 0 Å². The number of nitrogens with one attached hydrogen (secondary N) is 2. The number of esters is 2. The fraction of sp³-hybridized carbons (Fsp3) is 0.833. The third kappa shape index (κ3) is 50.5. The molecule has 0 bridgehead atoms. The van der Waals surface area contributed by atoms with Crippen molar-refractivity contribution in [1.82, 2.24) is 10.6 Å². The van der Waals surface area contributed by atoms with Crippen LogP contribution in [-0.2, 0) is 33.3 Å². The number of aliphatic hydroxyl groups is 1. The minimum Gasteiger partial charge on any atom is -0.481 e. The topological polar surface area (TPSA) is 239 Å². The predicted octanol–water partition coefficient (Wildman–Crippen LogP) is 4.08. The third-order valence-corrected chi connectivity index (χ3v) is 4.15. The summed E-state index contributed by atoms with van der Waals surface area (Å²) in [5.74, 6) is -1.46. The monoisotopic (exact) mass is 726 g/mol. The number of carboxylic acids is 1. The molecule has 0 atom stereocenters. The van der Waals surface area contributed by atoms with E-state index in [2.05, 4.69) is 10.6 Å². The second-order valence-electron chi connectivity index (χ2n) is 13.5. The third-order valence-electron chi connectivity index (χ3n) is 4.15. The van der Waals surface area contributed by atoms with Gasteiger partial charge in [0.1, 0.15) is 22.4 Å². The lowest BCUT2D eigenvalue weighted by Gasteiger charge is -2.26. The van der Waals surface area contributed by atoms with Crippen molar-refractivity contribution >= 4 is 54.9 Å². The van der Waals surface area contributed by atoms with Crippen molar-refractivity contribution in [2.24, 2.45) is 11.5 Å². The van der Waals surface area contributed by atoms with Crippen LogP contribution in [0.1, 0.15) is 110 Å². The molecule has 0 aliphatic heterocycles. The van der Waals surface area contributed by atoms with Crippen LogP contribution in [0.3, 0.4) is 0 Å². The molecule has 0 saturated carbocycles. The smallest absolute Gasteiger partial charge is 0.407 e. The molecule has 0 aromatic carbocycles. The summed E-state index contributed by atoms with van der Waals surface area (Å²) in [5, 5.41) is 22.1. The van der Waals surface area contributed by atoms with Gasteiger partial charge in [0.15, 0.2) is 0 Å². The Morgan fingerprint density at radius 1 is 0.596 bits per heavy atom. The number of hydrogen-bond acceptors (Lipinski definition) is 12. The molecule has 0 aliphatic carbocycles. The Labute approximate surface area is 293 Å². The van der Waals surface area contributed by atoms with Gasteiger partial charge in [-0.1, -0.05) is 13.8 Å². The van der Waals surface area contributed by atoms with Crippen molar-refractivity contribution in [2.75, 3.05) is 26.2 Å². The van der Waals surface area contributed by atoms with Gasteiger partial charge in [0.2, 0.25) is 0 Å². The van der Waals surface area contributed by atoms with Gasteiger partial charge in [0, 0.05) is 25.9 Å². The average Bonchev–Trinajstić information content (AvgIpc) is 2.84. The Morgan fingerprint density at radius 2 is 0.936 bits per heavy atom. The summed E-state index contributed by atoms with van der Waals surface area (Å²) in [6, 6.07) is 0. The lowest BCUT2D eigenvalue weighted by Crippen LogP contribution is -2.43. The standard InChI is InChI=1S/C12H23NO4.C9H19NO3.C6H14N2O2.C3H6O2.2ClH/c1-7-9(14)16-12(5,6)8-13-10(15)17-11(2,3)4;1-8(2,3)13-7(11)10-6-9(4,5)12;1-6(2,4-8)10-5(9)3-7;1-2-3(4)5;;/h7-8H2,1-6H3,(H,13,15);12H,6H2,1-5H3,(H,10,11);3-4,7-8H2,1-2H3;2H2,1H3,(H,4,5);2*1H. The van der Waals surface area contributed by atoms with E-state index in [1.165, 1.54) is 0 Å². The number of alkyl carbamates (subject to hydrolysis) is 2. The van der Waals surface area contributed by atoms with E-state index in [0.717, 1.165) is 0 Å². The zero-order valence-corrected chi connectivity index (χ0v) is 32.4. The van der Waals surface area contributed by atoms with E-state index in [0.29, 0.717) is 13.0 Å². The summed E-state index contributed by atoms with van der Waals surface area (Å²) in [4.78, 5) is 53.5. The van der Waals surface area contributed by atoms with E-state index < -0.39 is 52.1 Å². The largest absolute Gasteiger partial charge is 0.481 e. The molecule has 17 heteroatoms. The number of carboxylic acid groups (broad SMARTS) is 1. The summed E-state index contributed by atoms with van der Waals surface area (Å²) in [5.41, 5.74) is 7.06. The van der Waals surface area contributed by atoms with Crippen LogP contribution in [0.15, 0.2) is 0 Å². The van der Waals surface area contributed by atoms with Gasteiger partial charge >= 0.3 is 30.1 Å². The van der Waals surface area contributed by atoms with Crippen LogP contribution < -0.4 is 22.1 Å². The Balaban J connectivity index is -0.000000126. The maximum Gasteiger partial charge on any atom is 0.407 e. The summed E-state index contributed by atoms with van der Waals surface area (Å²) < 4.78 is 20.1. The van der Waals surface area contributed by atoms with Gasteiger partial charge in [-0.15, -0.1) is 24.8 Å². The van der Waals surface area contributed by atoms with Gasteiger partial charge in [-0.3, -0.25) is 14.4 Å². The molecular formula is C30H64Cl2N4O11. The lowest BCUT2D eigenvalue weighted by atomic mass is 10.1. The second kappa shape index (κ2) is 26.4. The summed E-state index contributed by atoms with van der Waals surface area (Å²) in [6.07, 6.45) is -0.483. The Hall–Kier alpha value is -2.59. The molecule has 0 saturated heterocycles. The fourth-order valence-corrected chi connectivity index (χ4v) is 2.01. The second-order valence-corrected chi connectivity index (χ2v) is 13.5. The molecule has 47 heavy (non-hydrogen) atoms. The first-order chi connectivity index (χ1) is 19.9. The molecule has 0 heterocycles. The van der Waals surface area contributed by atoms with Crippen LogP contribution in [0.2, 0.25) is 0 Å². The summed E-state index contributed by atoms with van der Waals surface area (Å²) in [7, 11) is 0. The van der Waals surface area contributed by atoms with Crippen molar-refractivity contribution < 1.29 is 53.1 Å². The van der Waals surface area contributed by atoms with E-state index in [1.54, 1.807) is 96.9 Å². The van der Waals surface area contributed by atoms with E-state index in [9.17, 15) is 29.1 Å². The quantitative estimate of drug-likeness (QED) is 0.138. The maximum absolute atomic E-state index is 11.4. The normalized spacial score (nSPS) is 10.9. The summed E-state index contributed by atoms with van der Waals surface area (Å²) in [6.45, 7) is 24.8. The van der Waals surface area contributed by atoms with Crippen LogP contribution in [0, 0.1) is 0 Å². The van der Waals surface area contributed by atoms with Gasteiger partial charge in [-0.25, -0.2) is 9.59 Å². The van der Waals surface area contributed by atoms with Gasteiger partial charge < -0.3 is 51.3 Å². The molecule has 0 aromatic rings. The van der Waals surface area contributed by atoms with Crippen molar-refractivity contribution in [3.63, 3.8) is 0 Å². The van der Waals surface area contributed by atoms with E-state index in [4.69, 9.17) is 35.5 Å². The summed E-state index contributed by atoms with van der Waals surface area (Å²) >= 11 is 0. The minimum absolute atomic E-state index is 0. The number of carbonyl (C=O) groups is 5. The molecule has 0 unspecified atom stereocenters. The molecular weight excluding hydrogens is 663 g/mol. The zero-order chi connectivity index (χ0) is 36.9. The number of rotatable bonds is 10. The lowest BCUT2D eigenvalue weighted by molar-refractivity contribution is -0.156. The number of ether oxygens (including phenoxy) is 4. The van der Waals surface area contributed by atoms with Gasteiger partial charge in [0.25, 0.3) is 0 Å². The molecule has 15 nitrogen and oxygen atoms in total. The number of aliphatic carboxylic acids is 1. The highest BCUT2D eigenvalue weighted by Gasteiger charge is 2.25. The van der Waals surface area contributed by atoms with E-state index in [-0.39, 0.29) is 56.8 Å². The van der Waals surface area contributed by atoms with E-state index in [1.807, 2.05) is 0 Å². The molecule has 0 aromatic heterocycles. The molecule has 0 spiro atoms. The molecule has 2 amide bonds. The van der Waals surface area contributed by atoms with Crippen LogP contribution in [-0.4, -0.2) is 94.5 Å². The molecule has 0 fully saturated rings. The minimum atomic E-state index is -0.906. The predicted molar refractivity (Wildman–Crippen MR) is 186 cm³/mol. The fourth-order valence-electron chi connectivity index (χ4n) is 2.01. The first-order valence-corrected chi connectivity index (χ1v) is 14.7. The molecule has 8 N–H and O–H groups in total. The van der Waals surface area contributed by atoms with Crippen molar-refractivity contribution in [1.29, 1.82) is 0 Å². The van der Waals surface area contributed by atoms with Crippen molar-refractivity contribution in [3.05, 3.63) is 0 Å². The highest BCUT2D eigenvalue weighted by Crippen LogP contribution is 2.11. The molecule has 0 radical (unpaired) electrons. The van der Waals surface area contributed by atoms with Crippen molar-refractivity contribution in [3.8, 4) is 0 Å². The Bertz CT molecular complexity index is 898. The van der Waals surface area contributed by atoms with Crippen LogP contribution in [0.4, 0.5) is 9.59 Å². The average molecular weight is 728 g/mol. The maximum atomic E-state index is 11.4. The van der Waals surface area contributed by atoms with Gasteiger partial charge in [-0.05, 0) is 83.1 Å². The Morgan fingerprint density at radius 3 is 1.19 bits per heavy atom. The highest BCUT2D eigenvalue weighted by atomic mass is 35.5. The molecule has 284 valence electrons. The number of hydrogen-bond donors (Lipinski definition) is 6. The van der Waals surface area contributed by atoms with Crippen molar-refractivity contribution in [2.45, 2.75) is 138 Å². The zero-order valence-electron chi connectivity index (χ0n) is 30.8. The Kier molecular flexibility index (Phi) is 31.8. The number of amides is 2. The number of nitrogens with two attached hydrogens (primary N) is 2. The van der Waals surface area contributed by atoms with Crippen LogP contribution in [0.25, 0.3) is 0 Å². The number of carbonyl (C=O) groups excluding carboxylic acids is 4. The molecule has 0 rings (SSSR count). The first kappa shape index (κ1) is 56.7. The SMILES string of the molecule is CC(C)(CN)OC(=O)CN.CC(C)(O)CNC(=O)OC(C)(C)C.CCC(=O)O.CCC(=O)OC(C)(C)CNC(=O)OC(C)(C)C.Cl.Cl. The number of halogens is 2. The molecule has 0 aliphatic rings. The first-order valence-electron chi connectivity index (χ1n) is 14.7. The highest BCUT2D eigenvalue weighted by molar-refractivity contribution is 5.85. The van der Waals surface area contributed by atoms with Crippen LogP contribution in [0.5, 0.6) is 0 Å². The van der Waals surface area contributed by atoms with Crippen LogP contribution >= 0.6 is 24.8 Å². The van der Waals surface area contributed by atoms with E-state index >= 15 is 0 Å².